The maximum atomic E-state index is 12.4. The van der Waals surface area contributed by atoms with Crippen LogP contribution >= 0.6 is 11.8 Å². The smallest absolute Gasteiger partial charge is 0.248 e. The average Bonchev–Trinajstić information content (AvgIpc) is 3.26. The summed E-state index contributed by atoms with van der Waals surface area (Å²) in [6.07, 6.45) is 0. The largest absolute Gasteiger partial charge is 0.416 e. The van der Waals surface area contributed by atoms with Crippen LogP contribution in [0.5, 0.6) is 0 Å². The van der Waals surface area contributed by atoms with Gasteiger partial charge in [-0.1, -0.05) is 48.0 Å². The molecular formula is C25H23N3O2S. The number of nitrogens with zero attached hydrogens (tertiary/aromatic N) is 2. The second-order valence-corrected chi connectivity index (χ2v) is 8.31. The Kier molecular flexibility index (Phi) is 6.48. The molecule has 3 aromatic carbocycles. The molecule has 0 atom stereocenters. The Hall–Kier alpha value is -3.38. The van der Waals surface area contributed by atoms with Crippen LogP contribution in [0.1, 0.15) is 16.7 Å². The molecule has 1 aromatic heterocycles. The lowest BCUT2D eigenvalue weighted by Crippen LogP contribution is -2.14. The van der Waals surface area contributed by atoms with Gasteiger partial charge in [0.25, 0.3) is 0 Å². The van der Waals surface area contributed by atoms with Gasteiger partial charge in [-0.15, -0.1) is 22.0 Å². The number of amides is 1. The number of anilines is 1. The number of thioether (sulfide) groups is 1. The summed E-state index contributed by atoms with van der Waals surface area (Å²) in [7, 11) is 0. The molecule has 1 N–H and O–H groups in total. The van der Waals surface area contributed by atoms with Crippen molar-refractivity contribution < 1.29 is 9.21 Å². The minimum atomic E-state index is -0.0402. The van der Waals surface area contributed by atoms with E-state index < -0.39 is 0 Å². The summed E-state index contributed by atoms with van der Waals surface area (Å²) in [5.74, 6) is 2.04. The molecule has 0 saturated heterocycles. The van der Waals surface area contributed by atoms with Crippen LogP contribution in [0, 0.1) is 13.8 Å². The average molecular weight is 430 g/mol. The van der Waals surface area contributed by atoms with Gasteiger partial charge in [0.05, 0.1) is 5.75 Å². The van der Waals surface area contributed by atoms with Crippen molar-refractivity contribution in [3.63, 3.8) is 0 Å². The van der Waals surface area contributed by atoms with E-state index in [9.17, 15) is 4.79 Å². The summed E-state index contributed by atoms with van der Waals surface area (Å²) >= 11 is 1.60. The summed E-state index contributed by atoms with van der Waals surface area (Å²) < 4.78 is 5.84. The molecule has 0 aliphatic carbocycles. The Labute approximate surface area is 185 Å². The molecule has 0 aliphatic heterocycles. The van der Waals surface area contributed by atoms with Crippen LogP contribution in [0.25, 0.3) is 22.9 Å². The van der Waals surface area contributed by atoms with Gasteiger partial charge in [-0.25, -0.2) is 0 Å². The Morgan fingerprint density at radius 3 is 2.42 bits per heavy atom. The van der Waals surface area contributed by atoms with E-state index in [2.05, 4.69) is 34.6 Å². The van der Waals surface area contributed by atoms with Crippen molar-refractivity contribution in [1.29, 1.82) is 0 Å². The molecule has 0 fully saturated rings. The fourth-order valence-electron chi connectivity index (χ4n) is 3.11. The molecule has 5 nitrogen and oxygen atoms in total. The third-order valence-corrected chi connectivity index (χ3v) is 5.85. The van der Waals surface area contributed by atoms with Crippen molar-refractivity contribution in [2.75, 3.05) is 11.1 Å². The molecule has 0 bridgehead atoms. The third kappa shape index (κ3) is 5.41. The van der Waals surface area contributed by atoms with Gasteiger partial charge in [0, 0.05) is 22.6 Å². The lowest BCUT2D eigenvalue weighted by molar-refractivity contribution is -0.113. The summed E-state index contributed by atoms with van der Waals surface area (Å²) in [5.41, 5.74) is 6.00. The van der Waals surface area contributed by atoms with Gasteiger partial charge in [0.1, 0.15) is 0 Å². The molecule has 0 radical (unpaired) electrons. The number of carbonyl (C=O) groups is 1. The predicted molar refractivity (Wildman–Crippen MR) is 126 cm³/mol. The van der Waals surface area contributed by atoms with E-state index in [0.29, 0.717) is 23.2 Å². The SMILES string of the molecule is Cc1ccc(-c2nnc(-c3cccc(NC(=O)CSCc4ccccc4C)c3)o2)cc1. The number of hydrogen-bond donors (Lipinski definition) is 1. The van der Waals surface area contributed by atoms with E-state index in [-0.39, 0.29) is 5.91 Å². The Balaban J connectivity index is 1.37. The van der Waals surface area contributed by atoms with Crippen LogP contribution in [0.4, 0.5) is 5.69 Å². The number of benzene rings is 3. The first-order valence-corrected chi connectivity index (χ1v) is 11.2. The molecule has 1 amide bonds. The molecule has 1 heterocycles. The monoisotopic (exact) mass is 429 g/mol. The van der Waals surface area contributed by atoms with Crippen molar-refractivity contribution in [3.05, 3.63) is 89.5 Å². The van der Waals surface area contributed by atoms with Crippen molar-refractivity contribution in [1.82, 2.24) is 10.2 Å². The second kappa shape index (κ2) is 9.62. The molecule has 0 saturated carbocycles. The Morgan fingerprint density at radius 1 is 0.903 bits per heavy atom. The van der Waals surface area contributed by atoms with Gasteiger partial charge >= 0.3 is 0 Å². The standard InChI is InChI=1S/C25H23N3O2S/c1-17-10-12-19(13-11-17)24-27-28-25(30-24)20-8-5-9-22(14-20)26-23(29)16-31-15-21-7-4-3-6-18(21)2/h3-14H,15-16H2,1-2H3,(H,26,29). The Bertz CT molecular complexity index is 1190. The first kappa shape index (κ1) is 20.9. The highest BCUT2D eigenvalue weighted by molar-refractivity contribution is 7.99. The number of aryl methyl sites for hydroxylation is 2. The van der Waals surface area contributed by atoms with Crippen LogP contribution in [0.2, 0.25) is 0 Å². The van der Waals surface area contributed by atoms with Gasteiger partial charge in [-0.3, -0.25) is 4.79 Å². The highest BCUT2D eigenvalue weighted by atomic mass is 32.2. The van der Waals surface area contributed by atoms with E-state index in [1.54, 1.807) is 11.8 Å². The number of aromatic nitrogens is 2. The van der Waals surface area contributed by atoms with E-state index in [1.165, 1.54) is 16.7 Å². The quantitative estimate of drug-likeness (QED) is 0.397. The number of hydrogen-bond acceptors (Lipinski definition) is 5. The third-order valence-electron chi connectivity index (χ3n) is 4.87. The lowest BCUT2D eigenvalue weighted by Gasteiger charge is -2.07. The normalized spacial score (nSPS) is 10.8. The van der Waals surface area contributed by atoms with Crippen molar-refractivity contribution in [3.8, 4) is 22.9 Å². The van der Waals surface area contributed by atoms with E-state index >= 15 is 0 Å². The van der Waals surface area contributed by atoms with Crippen LogP contribution in [0.3, 0.4) is 0 Å². The van der Waals surface area contributed by atoms with Crippen molar-refractivity contribution in [2.24, 2.45) is 0 Å². The van der Waals surface area contributed by atoms with Gasteiger partial charge in [0.15, 0.2) is 0 Å². The zero-order chi connectivity index (χ0) is 21.6. The number of carbonyl (C=O) groups excluding carboxylic acids is 1. The first-order chi connectivity index (χ1) is 15.1. The summed E-state index contributed by atoms with van der Waals surface area (Å²) in [6, 6.07) is 23.6. The summed E-state index contributed by atoms with van der Waals surface area (Å²) in [5, 5.41) is 11.3. The predicted octanol–water partition coefficient (Wildman–Crippen LogP) is 5.89. The molecule has 4 rings (SSSR count). The van der Waals surface area contributed by atoms with Gasteiger partial charge in [-0.2, -0.15) is 0 Å². The lowest BCUT2D eigenvalue weighted by atomic mass is 10.1. The van der Waals surface area contributed by atoms with Crippen LogP contribution in [-0.4, -0.2) is 21.9 Å². The van der Waals surface area contributed by atoms with Gasteiger partial charge in [-0.05, 0) is 55.3 Å². The number of rotatable bonds is 7. The summed E-state index contributed by atoms with van der Waals surface area (Å²) in [4.78, 5) is 12.4. The zero-order valence-electron chi connectivity index (χ0n) is 17.5. The van der Waals surface area contributed by atoms with Crippen LogP contribution < -0.4 is 5.32 Å². The highest BCUT2D eigenvalue weighted by Gasteiger charge is 2.12. The molecule has 6 heteroatoms. The minimum Gasteiger partial charge on any atom is -0.416 e. The highest BCUT2D eigenvalue weighted by Crippen LogP contribution is 2.26. The van der Waals surface area contributed by atoms with Crippen LogP contribution in [-0.2, 0) is 10.5 Å². The van der Waals surface area contributed by atoms with E-state index in [4.69, 9.17) is 4.42 Å². The molecule has 0 aliphatic rings. The topological polar surface area (TPSA) is 68.0 Å². The van der Waals surface area contributed by atoms with E-state index in [1.807, 2.05) is 67.6 Å². The minimum absolute atomic E-state index is 0.0402. The van der Waals surface area contributed by atoms with Gasteiger partial charge < -0.3 is 9.73 Å². The first-order valence-electron chi connectivity index (χ1n) is 10.0. The number of nitrogens with one attached hydrogen (secondary N) is 1. The maximum Gasteiger partial charge on any atom is 0.248 e. The fourth-order valence-corrected chi connectivity index (χ4v) is 4.01. The molecule has 4 aromatic rings. The molecule has 0 spiro atoms. The molecule has 31 heavy (non-hydrogen) atoms. The zero-order valence-corrected chi connectivity index (χ0v) is 18.3. The summed E-state index contributed by atoms with van der Waals surface area (Å²) in [6.45, 7) is 4.12. The second-order valence-electron chi connectivity index (χ2n) is 7.33. The van der Waals surface area contributed by atoms with Gasteiger partial charge in [0.2, 0.25) is 17.7 Å². The molecule has 0 unspecified atom stereocenters. The van der Waals surface area contributed by atoms with E-state index in [0.717, 1.165) is 16.9 Å². The van der Waals surface area contributed by atoms with Crippen molar-refractivity contribution in [2.45, 2.75) is 19.6 Å². The van der Waals surface area contributed by atoms with Crippen molar-refractivity contribution >= 4 is 23.4 Å². The Morgan fingerprint density at radius 2 is 1.65 bits per heavy atom. The molecule has 156 valence electrons. The fraction of sp³-hybridized carbons (Fsp3) is 0.160. The maximum absolute atomic E-state index is 12.4. The molecular weight excluding hydrogens is 406 g/mol. The van der Waals surface area contributed by atoms with Crippen LogP contribution in [0.15, 0.2) is 77.2 Å².